The summed E-state index contributed by atoms with van der Waals surface area (Å²) in [6.45, 7) is 0.338. The van der Waals surface area contributed by atoms with Crippen molar-refractivity contribution >= 4 is 38.8 Å². The van der Waals surface area contributed by atoms with Gasteiger partial charge in [-0.3, -0.25) is 0 Å². The average molecular weight is 332 g/mol. The molecule has 0 aliphatic heterocycles. The molecule has 20 heavy (non-hydrogen) atoms. The van der Waals surface area contributed by atoms with Crippen molar-refractivity contribution in [1.82, 2.24) is 9.71 Å². The van der Waals surface area contributed by atoms with Crippen molar-refractivity contribution < 1.29 is 8.42 Å². The number of nitrogens with one attached hydrogen (secondary N) is 2. The Labute approximate surface area is 127 Å². The van der Waals surface area contributed by atoms with Crippen LogP contribution in [0.25, 0.3) is 0 Å². The molecule has 0 atom stereocenters. The average Bonchev–Trinajstić information content (AvgIpc) is 2.91. The lowest BCUT2D eigenvalue weighted by Crippen LogP contribution is -2.26. The summed E-state index contributed by atoms with van der Waals surface area (Å²) in [6, 6.07) is 3.35. The molecule has 0 fully saturated rings. The second-order valence-electron chi connectivity index (χ2n) is 4.03. The Morgan fingerprint density at radius 1 is 1.45 bits per heavy atom. The Kier molecular flexibility index (Phi) is 4.98. The number of rotatable bonds is 6. The summed E-state index contributed by atoms with van der Waals surface area (Å²) in [5, 5.41) is 7.01. The van der Waals surface area contributed by atoms with E-state index in [-0.39, 0.29) is 9.92 Å². The van der Waals surface area contributed by atoms with E-state index in [0.29, 0.717) is 18.8 Å². The number of aromatic nitrogens is 1. The summed E-state index contributed by atoms with van der Waals surface area (Å²) in [5.74, 6) is 0.448. The molecule has 0 amide bonds. The third-order valence-electron chi connectivity index (χ3n) is 2.65. The minimum absolute atomic E-state index is 0.0619. The van der Waals surface area contributed by atoms with Gasteiger partial charge in [0.2, 0.25) is 10.0 Å². The van der Waals surface area contributed by atoms with Gasteiger partial charge < -0.3 is 5.32 Å². The fourth-order valence-electron chi connectivity index (χ4n) is 1.60. The number of pyridine rings is 1. The number of anilines is 1. The predicted octanol–water partition coefficient (Wildman–Crippen LogP) is 2.36. The molecule has 2 N–H and O–H groups in total. The second kappa shape index (κ2) is 6.53. The zero-order chi connectivity index (χ0) is 14.6. The third-order valence-corrected chi connectivity index (χ3v) is 5.10. The molecule has 108 valence electrons. The normalized spacial score (nSPS) is 11.5. The minimum atomic E-state index is -3.58. The van der Waals surface area contributed by atoms with Crippen molar-refractivity contribution in [3.05, 3.63) is 39.7 Å². The highest BCUT2D eigenvalue weighted by molar-refractivity contribution is 7.89. The van der Waals surface area contributed by atoms with E-state index in [2.05, 4.69) is 15.0 Å². The van der Waals surface area contributed by atoms with Crippen molar-refractivity contribution in [3.8, 4) is 0 Å². The van der Waals surface area contributed by atoms with E-state index in [1.165, 1.54) is 12.3 Å². The van der Waals surface area contributed by atoms with Crippen LogP contribution in [0, 0.1) is 0 Å². The summed E-state index contributed by atoms with van der Waals surface area (Å²) in [7, 11) is -1.91. The number of halogens is 1. The van der Waals surface area contributed by atoms with Gasteiger partial charge >= 0.3 is 0 Å². The minimum Gasteiger partial charge on any atom is -0.372 e. The summed E-state index contributed by atoms with van der Waals surface area (Å²) in [5.41, 5.74) is 1.11. The Balaban J connectivity index is 2.04. The fourth-order valence-corrected chi connectivity index (χ4v) is 3.63. The maximum atomic E-state index is 12.1. The molecule has 0 aliphatic rings. The Morgan fingerprint density at radius 2 is 2.25 bits per heavy atom. The van der Waals surface area contributed by atoms with Gasteiger partial charge in [0.05, 0.1) is 5.02 Å². The summed E-state index contributed by atoms with van der Waals surface area (Å²) in [6.07, 6.45) is 1.93. The highest BCUT2D eigenvalue weighted by Crippen LogP contribution is 2.21. The molecule has 0 unspecified atom stereocenters. The zero-order valence-electron chi connectivity index (χ0n) is 10.8. The SMILES string of the molecule is CNc1ncc(S(=O)(=O)NCCc2ccsc2)cc1Cl. The Hall–Kier alpha value is -1.15. The van der Waals surface area contributed by atoms with Gasteiger partial charge in [-0.1, -0.05) is 11.6 Å². The van der Waals surface area contributed by atoms with Crippen molar-refractivity contribution in [2.75, 3.05) is 18.9 Å². The molecule has 2 aromatic heterocycles. The predicted molar refractivity (Wildman–Crippen MR) is 82.0 cm³/mol. The molecule has 0 saturated heterocycles. The van der Waals surface area contributed by atoms with Gasteiger partial charge in [0.25, 0.3) is 0 Å². The monoisotopic (exact) mass is 331 g/mol. The van der Waals surface area contributed by atoms with E-state index in [1.807, 2.05) is 16.8 Å². The first-order valence-corrected chi connectivity index (χ1v) is 8.67. The van der Waals surface area contributed by atoms with E-state index in [0.717, 1.165) is 5.56 Å². The molecule has 8 heteroatoms. The lowest BCUT2D eigenvalue weighted by atomic mass is 10.2. The van der Waals surface area contributed by atoms with Crippen molar-refractivity contribution in [2.24, 2.45) is 0 Å². The third kappa shape index (κ3) is 3.69. The standard InChI is InChI=1S/C12H14ClN3O2S2/c1-14-12-11(13)6-10(7-15-12)20(17,18)16-4-2-9-3-5-19-8-9/h3,5-8,16H,2,4H2,1H3,(H,14,15). The van der Waals surface area contributed by atoms with Crippen LogP contribution in [-0.2, 0) is 16.4 Å². The van der Waals surface area contributed by atoms with E-state index in [4.69, 9.17) is 11.6 Å². The van der Waals surface area contributed by atoms with Crippen LogP contribution in [-0.4, -0.2) is 27.0 Å². The number of nitrogens with zero attached hydrogens (tertiary/aromatic N) is 1. The van der Waals surface area contributed by atoms with Gasteiger partial charge in [0.1, 0.15) is 10.7 Å². The van der Waals surface area contributed by atoms with Crippen LogP contribution >= 0.6 is 22.9 Å². The van der Waals surface area contributed by atoms with Gasteiger partial charge in [-0.05, 0) is 34.9 Å². The van der Waals surface area contributed by atoms with Gasteiger partial charge in [-0.25, -0.2) is 18.1 Å². The topological polar surface area (TPSA) is 71.1 Å². The Morgan fingerprint density at radius 3 is 2.85 bits per heavy atom. The van der Waals surface area contributed by atoms with Crippen LogP contribution in [0.1, 0.15) is 5.56 Å². The van der Waals surface area contributed by atoms with E-state index >= 15 is 0 Å². The first-order valence-electron chi connectivity index (χ1n) is 5.87. The van der Waals surface area contributed by atoms with E-state index < -0.39 is 10.0 Å². The second-order valence-corrected chi connectivity index (χ2v) is 6.99. The largest absolute Gasteiger partial charge is 0.372 e. The van der Waals surface area contributed by atoms with Crippen molar-refractivity contribution in [1.29, 1.82) is 0 Å². The van der Waals surface area contributed by atoms with Crippen LogP contribution in [0.15, 0.2) is 34.0 Å². The van der Waals surface area contributed by atoms with Crippen LogP contribution < -0.4 is 10.0 Å². The van der Waals surface area contributed by atoms with Gasteiger partial charge in [-0.2, -0.15) is 11.3 Å². The smallest absolute Gasteiger partial charge is 0.242 e. The quantitative estimate of drug-likeness (QED) is 0.852. The molecule has 0 aromatic carbocycles. The summed E-state index contributed by atoms with van der Waals surface area (Å²) >= 11 is 7.52. The number of hydrogen-bond donors (Lipinski definition) is 2. The molecule has 0 saturated carbocycles. The Bertz CT molecular complexity index is 672. The fraction of sp³-hybridized carbons (Fsp3) is 0.250. The van der Waals surface area contributed by atoms with Crippen LogP contribution in [0.3, 0.4) is 0 Å². The molecule has 0 bridgehead atoms. The molecule has 2 heterocycles. The molecule has 2 rings (SSSR count). The molecule has 0 radical (unpaired) electrons. The molecule has 5 nitrogen and oxygen atoms in total. The highest BCUT2D eigenvalue weighted by Gasteiger charge is 2.15. The van der Waals surface area contributed by atoms with E-state index in [9.17, 15) is 8.42 Å². The number of hydrogen-bond acceptors (Lipinski definition) is 5. The van der Waals surface area contributed by atoms with Gasteiger partial charge in [0.15, 0.2) is 0 Å². The van der Waals surface area contributed by atoms with Crippen molar-refractivity contribution in [2.45, 2.75) is 11.3 Å². The van der Waals surface area contributed by atoms with Gasteiger partial charge in [-0.15, -0.1) is 0 Å². The van der Waals surface area contributed by atoms with Crippen molar-refractivity contribution in [3.63, 3.8) is 0 Å². The number of sulfonamides is 1. The first-order chi connectivity index (χ1) is 9.53. The zero-order valence-corrected chi connectivity index (χ0v) is 13.1. The van der Waals surface area contributed by atoms with Crippen LogP contribution in [0.4, 0.5) is 5.82 Å². The maximum absolute atomic E-state index is 12.1. The lowest BCUT2D eigenvalue weighted by molar-refractivity contribution is 0.581. The van der Waals surface area contributed by atoms with Gasteiger partial charge in [0, 0.05) is 19.8 Å². The molecular weight excluding hydrogens is 318 g/mol. The molecule has 0 aliphatic carbocycles. The van der Waals surface area contributed by atoms with Crippen LogP contribution in [0.2, 0.25) is 5.02 Å². The highest BCUT2D eigenvalue weighted by atomic mass is 35.5. The molecule has 0 spiro atoms. The summed E-state index contributed by atoms with van der Waals surface area (Å²) in [4.78, 5) is 4.02. The first kappa shape index (κ1) is 15.2. The maximum Gasteiger partial charge on any atom is 0.242 e. The lowest BCUT2D eigenvalue weighted by Gasteiger charge is -2.08. The number of thiophene rings is 1. The van der Waals surface area contributed by atoms with E-state index in [1.54, 1.807) is 18.4 Å². The molecule has 2 aromatic rings. The molecular formula is C12H14ClN3O2S2. The summed E-state index contributed by atoms with van der Waals surface area (Å²) < 4.78 is 26.7. The van der Waals surface area contributed by atoms with Crippen LogP contribution in [0.5, 0.6) is 0 Å².